The third-order valence-corrected chi connectivity index (χ3v) is 3.84. The number of benzene rings is 1. The molecule has 1 heterocycles. The van der Waals surface area contributed by atoms with E-state index in [0.29, 0.717) is 11.7 Å². The van der Waals surface area contributed by atoms with Crippen molar-refractivity contribution < 1.29 is 14.4 Å². The molecular weight excluding hydrogens is 310 g/mol. The van der Waals surface area contributed by atoms with Gasteiger partial charge in [0.15, 0.2) is 11.5 Å². The van der Waals surface area contributed by atoms with Crippen molar-refractivity contribution in [3.05, 3.63) is 40.0 Å². The van der Waals surface area contributed by atoms with Gasteiger partial charge in [-0.3, -0.25) is 0 Å². The highest BCUT2D eigenvalue weighted by Crippen LogP contribution is 2.31. The maximum Gasteiger partial charge on any atom is 0.358 e. The van der Waals surface area contributed by atoms with Gasteiger partial charge in [0.05, 0.1) is 0 Å². The summed E-state index contributed by atoms with van der Waals surface area (Å²) in [6, 6.07) is 7.29. The first kappa shape index (κ1) is 13.8. The average Bonchev–Trinajstić information content (AvgIpc) is 2.87. The largest absolute Gasteiger partial charge is 0.476 e. The average molecular weight is 324 g/mol. The van der Waals surface area contributed by atoms with Gasteiger partial charge < -0.3 is 9.63 Å². The zero-order valence-corrected chi connectivity index (χ0v) is 12.3. The summed E-state index contributed by atoms with van der Waals surface area (Å²) >= 11 is 3.54. The molecular formula is C14H14BrNO3. The second-order valence-electron chi connectivity index (χ2n) is 4.43. The smallest absolute Gasteiger partial charge is 0.358 e. The summed E-state index contributed by atoms with van der Waals surface area (Å²) in [4.78, 5) is 10.8. The van der Waals surface area contributed by atoms with Gasteiger partial charge in [0, 0.05) is 16.1 Å². The molecule has 1 unspecified atom stereocenters. The van der Waals surface area contributed by atoms with Crippen LogP contribution >= 0.6 is 15.9 Å². The van der Waals surface area contributed by atoms with Gasteiger partial charge in [0.25, 0.3) is 0 Å². The predicted molar refractivity (Wildman–Crippen MR) is 75.3 cm³/mol. The van der Waals surface area contributed by atoms with E-state index in [0.717, 1.165) is 16.5 Å². The molecule has 0 saturated carbocycles. The first-order valence-corrected chi connectivity index (χ1v) is 6.82. The molecule has 2 aromatic rings. The van der Waals surface area contributed by atoms with Crippen LogP contribution in [0.15, 0.2) is 33.3 Å². The summed E-state index contributed by atoms with van der Waals surface area (Å²) in [5.74, 6) is -0.174. The van der Waals surface area contributed by atoms with Gasteiger partial charge in [-0.25, -0.2) is 4.79 Å². The monoisotopic (exact) mass is 323 g/mol. The van der Waals surface area contributed by atoms with Gasteiger partial charge in [-0.1, -0.05) is 47.1 Å². The number of hydrogen-bond donors (Lipinski definition) is 1. The highest BCUT2D eigenvalue weighted by Gasteiger charge is 2.14. The number of aromatic carboxylic acids is 1. The summed E-state index contributed by atoms with van der Waals surface area (Å²) in [5, 5.41) is 12.3. The zero-order chi connectivity index (χ0) is 14.0. The zero-order valence-electron chi connectivity index (χ0n) is 10.7. The van der Waals surface area contributed by atoms with Crippen molar-refractivity contribution in [2.45, 2.75) is 26.2 Å². The van der Waals surface area contributed by atoms with Crippen LogP contribution in [0.3, 0.4) is 0 Å². The number of carboxylic acids is 1. The fourth-order valence-corrected chi connectivity index (χ4v) is 2.58. The predicted octanol–water partition coefficient (Wildman–Crippen LogP) is 4.32. The lowest BCUT2D eigenvalue weighted by atomic mass is 9.97. The highest BCUT2D eigenvalue weighted by molar-refractivity contribution is 9.10. The lowest BCUT2D eigenvalue weighted by Crippen LogP contribution is -1.94. The Labute approximate surface area is 119 Å². The Morgan fingerprint density at radius 3 is 2.74 bits per heavy atom. The molecule has 100 valence electrons. The molecule has 19 heavy (non-hydrogen) atoms. The van der Waals surface area contributed by atoms with Crippen LogP contribution in [-0.2, 0) is 0 Å². The normalized spacial score (nSPS) is 12.4. The maximum absolute atomic E-state index is 10.8. The Morgan fingerprint density at radius 2 is 2.21 bits per heavy atom. The Morgan fingerprint density at radius 1 is 1.47 bits per heavy atom. The Hall–Kier alpha value is -1.62. The number of nitrogens with zero attached hydrogens (tertiary/aromatic N) is 1. The molecule has 1 N–H and O–H groups in total. The van der Waals surface area contributed by atoms with Gasteiger partial charge in [0.1, 0.15) is 0 Å². The topological polar surface area (TPSA) is 63.3 Å². The van der Waals surface area contributed by atoms with Gasteiger partial charge in [0.2, 0.25) is 0 Å². The van der Waals surface area contributed by atoms with Gasteiger partial charge in [-0.2, -0.15) is 0 Å². The Balaban J connectivity index is 2.35. The fraction of sp³-hybridized carbons (Fsp3) is 0.286. The maximum atomic E-state index is 10.8. The summed E-state index contributed by atoms with van der Waals surface area (Å²) in [5.41, 5.74) is 1.94. The number of carboxylic acid groups (broad SMARTS) is 1. The minimum absolute atomic E-state index is 0.0860. The molecule has 0 amide bonds. The van der Waals surface area contributed by atoms with Crippen molar-refractivity contribution in [2.75, 3.05) is 0 Å². The van der Waals surface area contributed by atoms with Crippen LogP contribution in [0, 0.1) is 0 Å². The van der Waals surface area contributed by atoms with Crippen LogP contribution in [0.1, 0.15) is 42.2 Å². The van der Waals surface area contributed by atoms with E-state index >= 15 is 0 Å². The Bertz CT molecular complexity index is 606. The van der Waals surface area contributed by atoms with Crippen LogP contribution in [-0.4, -0.2) is 16.2 Å². The van der Waals surface area contributed by atoms with E-state index in [2.05, 4.69) is 34.9 Å². The molecule has 5 heteroatoms. The first-order valence-electron chi connectivity index (χ1n) is 6.02. The van der Waals surface area contributed by atoms with Crippen LogP contribution in [0.2, 0.25) is 0 Å². The van der Waals surface area contributed by atoms with E-state index in [1.807, 2.05) is 18.2 Å². The van der Waals surface area contributed by atoms with Crippen molar-refractivity contribution in [2.24, 2.45) is 0 Å². The number of carbonyl (C=O) groups is 1. The third-order valence-electron chi connectivity index (χ3n) is 3.16. The molecule has 2 rings (SSSR count). The molecule has 0 aliphatic carbocycles. The SMILES string of the molecule is CCC(C)c1ccc(-c2cc(C(=O)O)no2)cc1Br. The number of aromatic nitrogens is 1. The molecule has 1 aromatic heterocycles. The number of rotatable bonds is 4. The molecule has 0 saturated heterocycles. The molecule has 0 aliphatic rings. The van der Waals surface area contributed by atoms with Gasteiger partial charge in [-0.05, 0) is 24.0 Å². The molecule has 0 bridgehead atoms. The van der Waals surface area contributed by atoms with Crippen LogP contribution in [0.25, 0.3) is 11.3 Å². The third kappa shape index (κ3) is 2.87. The summed E-state index contributed by atoms with van der Waals surface area (Å²) < 4.78 is 6.04. The lowest BCUT2D eigenvalue weighted by Gasteiger charge is -2.11. The minimum atomic E-state index is -1.09. The van der Waals surface area contributed by atoms with E-state index in [9.17, 15) is 4.79 Å². The lowest BCUT2D eigenvalue weighted by molar-refractivity contribution is 0.0686. The number of halogens is 1. The summed E-state index contributed by atoms with van der Waals surface area (Å²) in [6.07, 6.45) is 1.06. The fourth-order valence-electron chi connectivity index (χ4n) is 1.81. The van der Waals surface area contributed by atoms with E-state index in [4.69, 9.17) is 9.63 Å². The van der Waals surface area contributed by atoms with E-state index in [1.54, 1.807) is 0 Å². The standard InChI is InChI=1S/C14H14BrNO3/c1-3-8(2)10-5-4-9(6-11(10)15)13-7-12(14(17)18)16-19-13/h4-8H,3H2,1-2H3,(H,17,18). The molecule has 4 nitrogen and oxygen atoms in total. The van der Waals surface area contributed by atoms with E-state index in [-0.39, 0.29) is 5.69 Å². The van der Waals surface area contributed by atoms with Crippen molar-refractivity contribution in [1.29, 1.82) is 0 Å². The van der Waals surface area contributed by atoms with Crippen LogP contribution in [0.4, 0.5) is 0 Å². The van der Waals surface area contributed by atoms with Crippen molar-refractivity contribution in [3.63, 3.8) is 0 Å². The van der Waals surface area contributed by atoms with E-state index < -0.39 is 5.97 Å². The van der Waals surface area contributed by atoms with Crippen molar-refractivity contribution in [3.8, 4) is 11.3 Å². The highest BCUT2D eigenvalue weighted by atomic mass is 79.9. The molecule has 0 spiro atoms. The molecule has 0 fully saturated rings. The second-order valence-corrected chi connectivity index (χ2v) is 5.28. The first-order chi connectivity index (χ1) is 9.02. The van der Waals surface area contributed by atoms with Crippen molar-refractivity contribution in [1.82, 2.24) is 5.16 Å². The van der Waals surface area contributed by atoms with Crippen molar-refractivity contribution >= 4 is 21.9 Å². The molecule has 1 aromatic carbocycles. The van der Waals surface area contributed by atoms with Gasteiger partial charge in [-0.15, -0.1) is 0 Å². The summed E-state index contributed by atoms with van der Waals surface area (Å²) in [6.45, 7) is 4.30. The van der Waals surface area contributed by atoms with Crippen LogP contribution < -0.4 is 0 Å². The Kier molecular flexibility index (Phi) is 4.04. The van der Waals surface area contributed by atoms with Crippen LogP contribution in [0.5, 0.6) is 0 Å². The molecule has 1 atom stereocenters. The molecule has 0 radical (unpaired) electrons. The minimum Gasteiger partial charge on any atom is -0.476 e. The van der Waals surface area contributed by atoms with Gasteiger partial charge >= 0.3 is 5.97 Å². The second kappa shape index (κ2) is 5.57. The summed E-state index contributed by atoms with van der Waals surface area (Å²) in [7, 11) is 0. The number of hydrogen-bond acceptors (Lipinski definition) is 3. The van der Waals surface area contributed by atoms with E-state index in [1.165, 1.54) is 11.6 Å². The molecule has 0 aliphatic heterocycles. The quantitative estimate of drug-likeness (QED) is 0.910.